The smallest absolute Gasteiger partial charge is 0.252 e. The Hall–Kier alpha value is -6.78. The molecule has 4 fully saturated rings. The van der Waals surface area contributed by atoms with Crippen LogP contribution in [0.1, 0.15) is 43.2 Å². The highest BCUT2D eigenvalue weighted by Crippen LogP contribution is 2.69. The van der Waals surface area contributed by atoms with E-state index >= 15 is 0 Å². The molecule has 294 valence electrons. The van der Waals surface area contributed by atoms with Gasteiger partial charge in [0.2, 0.25) is 0 Å². The van der Waals surface area contributed by atoms with Crippen molar-refractivity contribution >= 4 is 79.0 Å². The first-order valence-corrected chi connectivity index (χ1v) is 23.0. The molecular weight excluding hydrogens is 749 g/mol. The molecule has 4 heteroatoms. The molecular formula is C58H44BN3. The van der Waals surface area contributed by atoms with Crippen molar-refractivity contribution < 1.29 is 0 Å². The van der Waals surface area contributed by atoms with Crippen LogP contribution < -0.4 is 26.2 Å². The van der Waals surface area contributed by atoms with E-state index in [1.165, 1.54) is 121 Å². The Morgan fingerprint density at radius 3 is 1.81 bits per heavy atom. The van der Waals surface area contributed by atoms with Crippen molar-refractivity contribution in [2.45, 2.75) is 37.5 Å². The molecule has 0 saturated heterocycles. The number of benzene rings is 8. The Labute approximate surface area is 363 Å². The van der Waals surface area contributed by atoms with Gasteiger partial charge < -0.3 is 14.4 Å². The monoisotopic (exact) mass is 793 g/mol. The lowest BCUT2D eigenvalue weighted by molar-refractivity contribution is -0.0419. The van der Waals surface area contributed by atoms with Crippen molar-refractivity contribution in [2.24, 2.45) is 23.7 Å². The summed E-state index contributed by atoms with van der Waals surface area (Å²) < 4.78 is 2.50. The second-order valence-electron chi connectivity index (χ2n) is 19.3. The minimum Gasteiger partial charge on any atom is -0.311 e. The Morgan fingerprint density at radius 2 is 1.03 bits per heavy atom. The third kappa shape index (κ3) is 4.23. The number of fused-ring (bicyclic) bond motifs is 9. The largest absolute Gasteiger partial charge is 0.311 e. The van der Waals surface area contributed by atoms with Crippen molar-refractivity contribution in [3.63, 3.8) is 0 Å². The SMILES string of the molecule is c1ccc(-c2cccc(N3c4ccc(-n5c6ccccc6c6ccccc65)cc4B4c5cccc6c5N(c5ccccc5C65C6CC7CC(C6)CC5C7)c5cccc3c54)c2)cc1. The molecule has 3 aliphatic heterocycles. The fraction of sp³-hybridized carbons (Fsp3) is 0.172. The molecule has 1 aromatic heterocycles. The van der Waals surface area contributed by atoms with Gasteiger partial charge in [-0.1, -0.05) is 121 Å². The zero-order valence-electron chi connectivity index (χ0n) is 34.6. The number of rotatable bonds is 3. The van der Waals surface area contributed by atoms with E-state index in [1.807, 2.05) is 0 Å². The van der Waals surface area contributed by atoms with Gasteiger partial charge in [0.15, 0.2) is 0 Å². The van der Waals surface area contributed by atoms with E-state index in [4.69, 9.17) is 0 Å². The zero-order valence-corrected chi connectivity index (χ0v) is 34.6. The summed E-state index contributed by atoms with van der Waals surface area (Å²) in [5.41, 5.74) is 21.4. The third-order valence-corrected chi connectivity index (χ3v) is 16.5. The fourth-order valence-electron chi connectivity index (χ4n) is 14.6. The summed E-state index contributed by atoms with van der Waals surface area (Å²) in [6.07, 6.45) is 6.94. The van der Waals surface area contributed by atoms with E-state index in [0.717, 1.165) is 11.8 Å². The van der Waals surface area contributed by atoms with E-state index in [1.54, 1.807) is 11.1 Å². The molecule has 0 radical (unpaired) electrons. The molecule has 4 saturated carbocycles. The van der Waals surface area contributed by atoms with Crippen LogP contribution in [0.4, 0.5) is 34.1 Å². The predicted molar refractivity (Wildman–Crippen MR) is 258 cm³/mol. The van der Waals surface area contributed by atoms with Gasteiger partial charge in [0.1, 0.15) is 0 Å². The number of nitrogens with zero attached hydrogens (tertiary/aromatic N) is 3. The summed E-state index contributed by atoms with van der Waals surface area (Å²) in [5, 5.41) is 2.58. The van der Waals surface area contributed by atoms with Crippen molar-refractivity contribution in [3.05, 3.63) is 193 Å². The Morgan fingerprint density at radius 1 is 0.419 bits per heavy atom. The lowest BCUT2D eigenvalue weighted by atomic mass is 9.32. The van der Waals surface area contributed by atoms with E-state index in [-0.39, 0.29) is 12.1 Å². The Balaban J connectivity index is 1.03. The van der Waals surface area contributed by atoms with Gasteiger partial charge in [0, 0.05) is 50.3 Å². The standard InChI is InChI=1S/C58H44BN3/c1-2-13-38(14-3-1)39-15-10-16-42(34-39)61-53-28-27-43(60-50-22-7-4-17-44(50)45-18-5-8-23-51(45)60)35-49(53)59-48-21-11-20-47-57(48)62(55-26-12-25-54(61)56(55)59)52-24-9-6-19-46(52)58(47)40-30-36-29-37(32-40)33-41(58)31-36/h1-28,34-37,40-41H,29-33H2. The van der Waals surface area contributed by atoms with Crippen molar-refractivity contribution in [3.8, 4) is 16.8 Å². The van der Waals surface area contributed by atoms with Crippen LogP contribution in [0.3, 0.4) is 0 Å². The first-order chi connectivity index (χ1) is 30.7. The highest BCUT2D eigenvalue weighted by Gasteiger charge is 2.62. The van der Waals surface area contributed by atoms with E-state index in [0.29, 0.717) is 11.8 Å². The van der Waals surface area contributed by atoms with Crippen molar-refractivity contribution in [1.82, 2.24) is 4.57 Å². The minimum absolute atomic E-state index is 0.0488. The van der Waals surface area contributed by atoms with Crippen LogP contribution >= 0.6 is 0 Å². The van der Waals surface area contributed by atoms with Crippen LogP contribution in [-0.4, -0.2) is 11.3 Å². The summed E-state index contributed by atoms with van der Waals surface area (Å²) in [7, 11) is 0. The van der Waals surface area contributed by atoms with E-state index < -0.39 is 0 Å². The van der Waals surface area contributed by atoms with Gasteiger partial charge in [-0.05, 0) is 155 Å². The first-order valence-electron chi connectivity index (χ1n) is 23.0. The van der Waals surface area contributed by atoms with Crippen LogP contribution in [0.15, 0.2) is 182 Å². The molecule has 7 aliphatic rings. The normalized spacial score (nSPS) is 23.1. The maximum Gasteiger partial charge on any atom is 0.252 e. The van der Waals surface area contributed by atoms with Crippen molar-refractivity contribution in [1.29, 1.82) is 0 Å². The van der Waals surface area contributed by atoms with Gasteiger partial charge in [0.25, 0.3) is 6.71 Å². The summed E-state index contributed by atoms with van der Waals surface area (Å²) in [6, 6.07) is 69.5. The number of hydrogen-bond acceptors (Lipinski definition) is 2. The lowest BCUT2D eigenvalue weighted by Gasteiger charge is -2.64. The third-order valence-electron chi connectivity index (χ3n) is 16.5. The van der Waals surface area contributed by atoms with Gasteiger partial charge in [0.05, 0.1) is 16.7 Å². The summed E-state index contributed by atoms with van der Waals surface area (Å²) >= 11 is 0. The lowest BCUT2D eigenvalue weighted by Crippen LogP contribution is -2.64. The molecule has 4 heterocycles. The highest BCUT2D eigenvalue weighted by molar-refractivity contribution is 7.00. The second kappa shape index (κ2) is 12.2. The van der Waals surface area contributed by atoms with Gasteiger partial charge in [-0.3, -0.25) is 0 Å². The average Bonchev–Trinajstić information content (AvgIpc) is 3.66. The van der Waals surface area contributed by atoms with E-state index in [9.17, 15) is 0 Å². The van der Waals surface area contributed by atoms with Gasteiger partial charge in [-0.25, -0.2) is 0 Å². The Bertz CT molecular complexity index is 3280. The van der Waals surface area contributed by atoms with Gasteiger partial charge >= 0.3 is 0 Å². The fourth-order valence-corrected chi connectivity index (χ4v) is 14.6. The van der Waals surface area contributed by atoms with Crippen LogP contribution in [0.25, 0.3) is 38.6 Å². The Kier molecular flexibility index (Phi) is 6.67. The van der Waals surface area contributed by atoms with Crippen LogP contribution in [0.2, 0.25) is 0 Å². The van der Waals surface area contributed by atoms with Crippen LogP contribution in [0.5, 0.6) is 0 Å². The number of para-hydroxylation sites is 4. The molecule has 0 unspecified atom stereocenters. The maximum atomic E-state index is 2.71. The predicted octanol–water partition coefficient (Wildman–Crippen LogP) is 12.6. The summed E-state index contributed by atoms with van der Waals surface area (Å²) in [6.45, 7) is 0.0585. The highest BCUT2D eigenvalue weighted by atomic mass is 15.2. The molecule has 16 rings (SSSR count). The topological polar surface area (TPSA) is 11.4 Å². The van der Waals surface area contributed by atoms with Crippen molar-refractivity contribution in [2.75, 3.05) is 9.80 Å². The number of aromatic nitrogens is 1. The molecule has 0 amide bonds. The molecule has 0 atom stereocenters. The molecule has 62 heavy (non-hydrogen) atoms. The average molecular weight is 794 g/mol. The number of anilines is 6. The van der Waals surface area contributed by atoms with Gasteiger partial charge in [-0.15, -0.1) is 0 Å². The molecule has 8 aromatic carbocycles. The molecule has 4 aliphatic carbocycles. The van der Waals surface area contributed by atoms with Gasteiger partial charge in [-0.2, -0.15) is 0 Å². The quantitative estimate of drug-likeness (QED) is 0.165. The molecule has 9 aromatic rings. The first kappa shape index (κ1) is 33.9. The number of hydrogen-bond donors (Lipinski definition) is 0. The maximum absolute atomic E-state index is 2.71. The molecule has 4 bridgehead atoms. The summed E-state index contributed by atoms with van der Waals surface area (Å²) in [4.78, 5) is 5.28. The zero-order chi connectivity index (χ0) is 40.3. The summed E-state index contributed by atoms with van der Waals surface area (Å²) in [5.74, 6) is 3.17. The molecule has 0 N–H and O–H groups in total. The molecule has 1 spiro atoms. The molecule has 3 nitrogen and oxygen atoms in total. The minimum atomic E-state index is 0.0488. The van der Waals surface area contributed by atoms with Crippen LogP contribution in [0, 0.1) is 23.7 Å². The van der Waals surface area contributed by atoms with Crippen LogP contribution in [-0.2, 0) is 5.41 Å². The van der Waals surface area contributed by atoms with E-state index in [2.05, 4.69) is 196 Å². The second-order valence-corrected chi connectivity index (χ2v) is 19.3.